The number of unbranched alkanes of at least 4 members (excludes halogenated alkanes) is 2. The van der Waals surface area contributed by atoms with E-state index in [0.29, 0.717) is 4.45 Å². The van der Waals surface area contributed by atoms with Crippen molar-refractivity contribution >= 4 is 28.0 Å². The van der Waals surface area contributed by atoms with Crippen LogP contribution in [-0.2, 0) is 16.5 Å². The van der Waals surface area contributed by atoms with Crippen LogP contribution in [0.4, 0.5) is 4.79 Å². The molecule has 0 aromatic carbocycles. The fourth-order valence-electron chi connectivity index (χ4n) is 0.641. The van der Waals surface area contributed by atoms with Gasteiger partial charge in [-0.25, -0.2) is 0 Å². The molecule has 0 saturated carbocycles. The molecule has 82 valence electrons. The summed E-state index contributed by atoms with van der Waals surface area (Å²) in [6, 6.07) is 0. The van der Waals surface area contributed by atoms with Crippen LogP contribution in [0.2, 0.25) is 0 Å². The Morgan fingerprint density at radius 2 is 1.38 bits per heavy atom. The molecule has 0 aliphatic heterocycles. The minimum Gasteiger partial charge on any atom is -0.274 e. The summed E-state index contributed by atoms with van der Waals surface area (Å²) in [7, 11) is 0. The Morgan fingerprint density at radius 1 is 1.00 bits per heavy atom. The molecule has 0 fully saturated rings. The molecule has 0 aliphatic carbocycles. The minimum absolute atomic E-state index is 0. The first kappa shape index (κ1) is 16.3. The molecule has 0 unspecified atom stereocenters. The van der Waals surface area contributed by atoms with Gasteiger partial charge in [0.1, 0.15) is 0 Å². The summed E-state index contributed by atoms with van der Waals surface area (Å²) < 4.78 is 0.303. The van der Waals surface area contributed by atoms with Gasteiger partial charge in [-0.05, 0) is 12.8 Å². The van der Waals surface area contributed by atoms with Crippen LogP contribution >= 0.6 is 23.5 Å². The topological polar surface area (TPSA) is 17.1 Å². The molecule has 0 aromatic heterocycles. The number of thioether (sulfide) groups is 2. The van der Waals surface area contributed by atoms with E-state index >= 15 is 0 Å². The molecular formula is C9H18NiOS2. The van der Waals surface area contributed by atoms with Gasteiger partial charge in [0.05, 0.1) is 0 Å². The zero-order valence-electron chi connectivity index (χ0n) is 8.28. The van der Waals surface area contributed by atoms with Gasteiger partial charge >= 0.3 is 0 Å². The van der Waals surface area contributed by atoms with E-state index < -0.39 is 0 Å². The Hall–Kier alpha value is 0.864. The summed E-state index contributed by atoms with van der Waals surface area (Å²) in [6.07, 6.45) is 4.68. The second kappa shape index (κ2) is 12.9. The molecule has 0 spiro atoms. The van der Waals surface area contributed by atoms with Crippen LogP contribution in [0.15, 0.2) is 0 Å². The summed E-state index contributed by atoms with van der Waals surface area (Å²) in [5.74, 6) is 1.99. The van der Waals surface area contributed by atoms with Crippen molar-refractivity contribution in [3.8, 4) is 0 Å². The molecule has 0 N–H and O–H groups in total. The Balaban J connectivity index is 0. The van der Waals surface area contributed by atoms with Crippen molar-refractivity contribution in [3.05, 3.63) is 0 Å². The van der Waals surface area contributed by atoms with E-state index in [2.05, 4.69) is 13.8 Å². The number of carbonyl (C=O) groups excluding carboxylic acids is 1. The third-order valence-corrected chi connectivity index (χ3v) is 3.60. The molecule has 0 aliphatic rings. The smallest absolute Gasteiger partial charge is 0.246 e. The van der Waals surface area contributed by atoms with E-state index in [1.165, 1.54) is 36.4 Å². The molecule has 0 bridgehead atoms. The SMILES string of the molecule is CCCCSC(=O)SCCCC.[Ni]. The van der Waals surface area contributed by atoms with Gasteiger partial charge in [0, 0.05) is 28.0 Å². The first-order chi connectivity index (χ1) is 5.81. The molecule has 1 nitrogen and oxygen atoms in total. The Bertz CT molecular complexity index is 108. The van der Waals surface area contributed by atoms with Crippen LogP contribution in [0.1, 0.15) is 39.5 Å². The van der Waals surface area contributed by atoms with Crippen LogP contribution in [0.5, 0.6) is 0 Å². The third kappa shape index (κ3) is 12.9. The van der Waals surface area contributed by atoms with Crippen LogP contribution in [-0.4, -0.2) is 16.0 Å². The van der Waals surface area contributed by atoms with Gasteiger partial charge in [-0.15, -0.1) is 0 Å². The number of rotatable bonds is 6. The largest absolute Gasteiger partial charge is 0.274 e. The number of carbonyl (C=O) groups is 1. The number of hydrogen-bond donors (Lipinski definition) is 0. The molecule has 0 amide bonds. The minimum atomic E-state index is 0. The molecule has 0 saturated heterocycles. The van der Waals surface area contributed by atoms with Crippen LogP contribution in [0.3, 0.4) is 0 Å². The van der Waals surface area contributed by atoms with Gasteiger partial charge in [-0.1, -0.05) is 50.2 Å². The van der Waals surface area contributed by atoms with Crippen LogP contribution < -0.4 is 0 Å². The van der Waals surface area contributed by atoms with Gasteiger partial charge in [0.2, 0.25) is 4.45 Å². The second-order valence-electron chi connectivity index (χ2n) is 2.65. The van der Waals surface area contributed by atoms with Crippen molar-refractivity contribution in [2.24, 2.45) is 0 Å². The first-order valence-electron chi connectivity index (χ1n) is 4.60. The summed E-state index contributed by atoms with van der Waals surface area (Å²) in [5.41, 5.74) is 0. The molecule has 0 rings (SSSR count). The van der Waals surface area contributed by atoms with Crippen LogP contribution in [0.25, 0.3) is 0 Å². The summed E-state index contributed by atoms with van der Waals surface area (Å²) in [5, 5.41) is 0. The first-order valence-corrected chi connectivity index (χ1v) is 6.58. The van der Waals surface area contributed by atoms with E-state index in [1.54, 1.807) is 0 Å². The predicted octanol–water partition coefficient (Wildman–Crippen LogP) is 4.17. The van der Waals surface area contributed by atoms with Gasteiger partial charge in [-0.2, -0.15) is 0 Å². The van der Waals surface area contributed by atoms with Crippen molar-refractivity contribution in [1.29, 1.82) is 0 Å². The standard InChI is InChI=1S/C9H18OS2.Ni/c1-3-5-7-11-9(10)12-8-6-4-2;/h3-8H2,1-2H3;. The van der Waals surface area contributed by atoms with Crippen molar-refractivity contribution in [3.63, 3.8) is 0 Å². The average Bonchev–Trinajstić information content (AvgIpc) is 2.06. The Kier molecular flexibility index (Phi) is 16.1. The molecule has 0 radical (unpaired) electrons. The summed E-state index contributed by atoms with van der Waals surface area (Å²) in [6.45, 7) is 4.30. The molecule has 4 heteroatoms. The zero-order chi connectivity index (χ0) is 9.23. The van der Waals surface area contributed by atoms with Crippen molar-refractivity contribution in [1.82, 2.24) is 0 Å². The molecular weight excluding hydrogens is 247 g/mol. The van der Waals surface area contributed by atoms with Crippen LogP contribution in [0, 0.1) is 0 Å². The van der Waals surface area contributed by atoms with Gasteiger partial charge in [0.25, 0.3) is 0 Å². The van der Waals surface area contributed by atoms with E-state index in [-0.39, 0.29) is 16.5 Å². The fraction of sp³-hybridized carbons (Fsp3) is 0.889. The normalized spacial score (nSPS) is 9.38. The molecule has 13 heavy (non-hydrogen) atoms. The van der Waals surface area contributed by atoms with Gasteiger partial charge in [0.15, 0.2) is 0 Å². The monoisotopic (exact) mass is 264 g/mol. The van der Waals surface area contributed by atoms with Crippen molar-refractivity contribution in [2.45, 2.75) is 39.5 Å². The van der Waals surface area contributed by atoms with Crippen molar-refractivity contribution in [2.75, 3.05) is 11.5 Å². The quantitative estimate of drug-likeness (QED) is 0.530. The Labute approximate surface area is 100 Å². The zero-order valence-corrected chi connectivity index (χ0v) is 10.9. The van der Waals surface area contributed by atoms with E-state index in [4.69, 9.17) is 0 Å². The van der Waals surface area contributed by atoms with Gasteiger partial charge < -0.3 is 0 Å². The van der Waals surface area contributed by atoms with Crippen molar-refractivity contribution < 1.29 is 21.3 Å². The second-order valence-corrected chi connectivity index (χ2v) is 5.05. The van der Waals surface area contributed by atoms with E-state index in [0.717, 1.165) is 24.3 Å². The Morgan fingerprint density at radius 3 is 1.69 bits per heavy atom. The number of hydrogen-bond acceptors (Lipinski definition) is 3. The predicted molar refractivity (Wildman–Crippen MR) is 60.1 cm³/mol. The third-order valence-electron chi connectivity index (χ3n) is 1.44. The summed E-state index contributed by atoms with van der Waals surface area (Å²) >= 11 is 2.95. The molecule has 0 aromatic rings. The maximum Gasteiger partial charge on any atom is 0.246 e. The van der Waals surface area contributed by atoms with E-state index in [1.807, 2.05) is 0 Å². The average molecular weight is 265 g/mol. The van der Waals surface area contributed by atoms with Gasteiger partial charge in [-0.3, -0.25) is 4.79 Å². The maximum atomic E-state index is 11.1. The van der Waals surface area contributed by atoms with E-state index in [9.17, 15) is 4.79 Å². The fourth-order valence-corrected chi connectivity index (χ4v) is 2.67. The summed E-state index contributed by atoms with van der Waals surface area (Å²) in [4.78, 5) is 11.1. The maximum absolute atomic E-state index is 11.1. The molecule has 0 atom stereocenters. The molecule has 0 heterocycles.